The molecule has 0 bridgehead atoms. The Kier molecular flexibility index (Phi) is 8.05. The first kappa shape index (κ1) is 22.2. The fourth-order valence-corrected chi connectivity index (χ4v) is 4.40. The topological polar surface area (TPSA) is 44.8 Å². The third kappa shape index (κ3) is 14.5. The van der Waals surface area contributed by atoms with Crippen LogP contribution in [0, 0.1) is 0 Å². The Labute approximate surface area is 145 Å². The average Bonchev–Trinajstić information content (AvgIpc) is 2.18. The molecular weight excluding hydrogens is 340 g/mol. The molecule has 7 heteroatoms. The second kappa shape index (κ2) is 8.34. The molecular formula is C16H34O4Si3. The lowest BCUT2D eigenvalue weighted by Crippen LogP contribution is -2.29. The summed E-state index contributed by atoms with van der Waals surface area (Å²) in [6.45, 7) is 20.7. The molecule has 0 aliphatic rings. The predicted molar refractivity (Wildman–Crippen MR) is 105 cm³/mol. The van der Waals surface area contributed by atoms with Gasteiger partial charge in [0.15, 0.2) is 0 Å². The number of rotatable bonds is 8. The Bertz CT molecular complexity index is 463. The van der Waals surface area contributed by atoms with Crippen molar-refractivity contribution in [3.63, 3.8) is 0 Å². The Morgan fingerprint density at radius 1 is 0.783 bits per heavy atom. The van der Waals surface area contributed by atoms with E-state index in [2.05, 4.69) is 39.3 Å². The maximum Gasteiger partial charge on any atom is 0.296 e. The van der Waals surface area contributed by atoms with Crippen LogP contribution in [-0.2, 0) is 18.1 Å². The van der Waals surface area contributed by atoms with E-state index in [1.807, 2.05) is 32.6 Å². The van der Waals surface area contributed by atoms with Crippen molar-refractivity contribution in [2.75, 3.05) is 0 Å². The minimum absolute atomic E-state index is 0.196. The third-order valence-corrected chi connectivity index (χ3v) is 4.75. The molecule has 0 aromatic heterocycles. The number of hydrogen-bond donors (Lipinski definition) is 0. The van der Waals surface area contributed by atoms with Gasteiger partial charge in [0.25, 0.3) is 5.97 Å². The molecule has 0 aromatic carbocycles. The van der Waals surface area contributed by atoms with Crippen molar-refractivity contribution in [2.24, 2.45) is 0 Å². The summed E-state index contributed by atoms with van der Waals surface area (Å²) in [6, 6.07) is 0. The molecule has 0 radical (unpaired) electrons. The van der Waals surface area contributed by atoms with Gasteiger partial charge < -0.3 is 13.3 Å². The van der Waals surface area contributed by atoms with Crippen LogP contribution >= 0.6 is 0 Å². The van der Waals surface area contributed by atoms with Crippen molar-refractivity contribution in [1.82, 2.24) is 0 Å². The first-order valence-electron chi connectivity index (χ1n) is 8.06. The second-order valence-electron chi connectivity index (χ2n) is 8.58. The van der Waals surface area contributed by atoms with Crippen LogP contribution in [0.3, 0.4) is 0 Å². The highest BCUT2D eigenvalue weighted by Gasteiger charge is 2.21. The Hall–Kier alpha value is -0.799. The standard InChI is InChI=1S/C16H34O4Si3/c1-14(18-21(2,3)4)13-15(19-22(5,6)7)11-12-16(17)20-23(8,9)10/h11,13H,12H2,1-10H3/b14-13-,15-11+. The van der Waals surface area contributed by atoms with Gasteiger partial charge in [0.2, 0.25) is 25.0 Å². The minimum Gasteiger partial charge on any atom is -0.547 e. The van der Waals surface area contributed by atoms with Gasteiger partial charge in [-0.1, -0.05) is 0 Å². The maximum absolute atomic E-state index is 11.9. The summed E-state index contributed by atoms with van der Waals surface area (Å²) in [4.78, 5) is 11.9. The van der Waals surface area contributed by atoms with Gasteiger partial charge in [-0.25, -0.2) is 0 Å². The zero-order valence-corrected chi connectivity index (χ0v) is 19.5. The number of carbonyl (C=O) groups excluding carboxylic acids is 1. The normalized spacial score (nSPS) is 14.5. The number of allylic oxidation sites excluding steroid dienone is 2. The van der Waals surface area contributed by atoms with Crippen LogP contribution in [0.5, 0.6) is 0 Å². The number of carbonyl (C=O) groups is 1. The third-order valence-electron chi connectivity index (χ3n) is 2.13. The molecule has 0 saturated carbocycles. The molecule has 0 aromatic rings. The zero-order chi connectivity index (χ0) is 18.5. The molecule has 0 saturated heterocycles. The molecule has 0 aliphatic carbocycles. The summed E-state index contributed by atoms with van der Waals surface area (Å²) in [5.41, 5.74) is 0. The summed E-state index contributed by atoms with van der Waals surface area (Å²) in [5, 5.41) is 0. The van der Waals surface area contributed by atoms with Crippen molar-refractivity contribution < 1.29 is 18.1 Å². The average molecular weight is 375 g/mol. The van der Waals surface area contributed by atoms with E-state index >= 15 is 0 Å². The molecule has 0 aliphatic heterocycles. The lowest BCUT2D eigenvalue weighted by atomic mass is 10.3. The highest BCUT2D eigenvalue weighted by molar-refractivity contribution is 6.71. The summed E-state index contributed by atoms with van der Waals surface area (Å²) in [5.74, 6) is 1.33. The Morgan fingerprint density at radius 3 is 1.61 bits per heavy atom. The van der Waals surface area contributed by atoms with Crippen molar-refractivity contribution in [3.8, 4) is 0 Å². The molecule has 0 heterocycles. The van der Waals surface area contributed by atoms with Crippen LogP contribution in [0.25, 0.3) is 0 Å². The molecule has 23 heavy (non-hydrogen) atoms. The van der Waals surface area contributed by atoms with E-state index in [4.69, 9.17) is 13.3 Å². The van der Waals surface area contributed by atoms with Crippen LogP contribution in [0.2, 0.25) is 58.9 Å². The largest absolute Gasteiger partial charge is 0.547 e. The lowest BCUT2D eigenvalue weighted by molar-refractivity contribution is -0.134. The van der Waals surface area contributed by atoms with Crippen LogP contribution in [0.4, 0.5) is 0 Å². The highest BCUT2D eigenvalue weighted by atomic mass is 28.4. The van der Waals surface area contributed by atoms with Crippen LogP contribution < -0.4 is 0 Å². The van der Waals surface area contributed by atoms with Crippen molar-refractivity contribution in [3.05, 3.63) is 23.7 Å². The smallest absolute Gasteiger partial charge is 0.296 e. The van der Waals surface area contributed by atoms with Crippen molar-refractivity contribution in [1.29, 1.82) is 0 Å². The van der Waals surface area contributed by atoms with Crippen LogP contribution in [0.1, 0.15) is 13.3 Å². The molecule has 0 amide bonds. The summed E-state index contributed by atoms with van der Waals surface area (Å²) < 4.78 is 17.5. The van der Waals surface area contributed by atoms with Gasteiger partial charge in [-0.3, -0.25) is 4.79 Å². The van der Waals surface area contributed by atoms with Gasteiger partial charge in [-0.15, -0.1) is 0 Å². The van der Waals surface area contributed by atoms with Crippen molar-refractivity contribution >= 4 is 30.9 Å². The predicted octanol–water partition coefficient (Wildman–Crippen LogP) is 5.25. The van der Waals surface area contributed by atoms with Gasteiger partial charge in [0, 0.05) is 6.08 Å². The summed E-state index contributed by atoms with van der Waals surface area (Å²) in [6.07, 6.45) is 3.91. The monoisotopic (exact) mass is 374 g/mol. The van der Waals surface area contributed by atoms with Gasteiger partial charge in [-0.05, 0) is 71.9 Å². The van der Waals surface area contributed by atoms with E-state index in [1.54, 1.807) is 6.08 Å². The Balaban J connectivity index is 5.12. The van der Waals surface area contributed by atoms with E-state index in [0.29, 0.717) is 5.76 Å². The first-order valence-corrected chi connectivity index (χ1v) is 18.3. The molecule has 0 atom stereocenters. The fourth-order valence-electron chi connectivity index (χ4n) is 1.76. The quantitative estimate of drug-likeness (QED) is 0.331. The molecule has 134 valence electrons. The van der Waals surface area contributed by atoms with E-state index in [-0.39, 0.29) is 12.4 Å². The van der Waals surface area contributed by atoms with Gasteiger partial charge >= 0.3 is 0 Å². The van der Waals surface area contributed by atoms with Gasteiger partial charge in [0.1, 0.15) is 5.76 Å². The second-order valence-corrected chi connectivity index (χ2v) is 21.9. The summed E-state index contributed by atoms with van der Waals surface area (Å²) in [7, 11) is -5.26. The van der Waals surface area contributed by atoms with Crippen LogP contribution in [0.15, 0.2) is 23.7 Å². The van der Waals surface area contributed by atoms with E-state index in [9.17, 15) is 4.79 Å². The lowest BCUT2D eigenvalue weighted by Gasteiger charge is -2.23. The van der Waals surface area contributed by atoms with E-state index < -0.39 is 25.0 Å². The fraction of sp³-hybridized carbons (Fsp3) is 0.688. The van der Waals surface area contributed by atoms with E-state index in [0.717, 1.165) is 5.76 Å². The highest BCUT2D eigenvalue weighted by Crippen LogP contribution is 2.17. The molecule has 0 unspecified atom stereocenters. The first-order chi connectivity index (χ1) is 10.1. The maximum atomic E-state index is 11.9. The van der Waals surface area contributed by atoms with Crippen molar-refractivity contribution in [2.45, 2.75) is 72.3 Å². The molecule has 4 nitrogen and oxygen atoms in total. The summed E-state index contributed by atoms with van der Waals surface area (Å²) >= 11 is 0. The van der Waals surface area contributed by atoms with E-state index in [1.165, 1.54) is 0 Å². The van der Waals surface area contributed by atoms with Gasteiger partial charge in [-0.2, -0.15) is 0 Å². The molecule has 0 fully saturated rings. The van der Waals surface area contributed by atoms with Gasteiger partial charge in [0.05, 0.1) is 12.2 Å². The minimum atomic E-state index is -1.85. The SMILES string of the molecule is C/C(=C/C(=C\CC(=O)O[Si](C)(C)C)O[Si](C)(C)C)O[Si](C)(C)C. The molecule has 0 spiro atoms. The molecule has 0 N–H and O–H groups in total. The number of hydrogen-bond acceptors (Lipinski definition) is 4. The van der Waals surface area contributed by atoms with Crippen LogP contribution in [-0.4, -0.2) is 30.9 Å². The zero-order valence-electron chi connectivity index (χ0n) is 16.5. The Morgan fingerprint density at radius 2 is 1.22 bits per heavy atom. The molecule has 0 rings (SSSR count).